The van der Waals surface area contributed by atoms with Gasteiger partial charge in [-0.15, -0.1) is 0 Å². The molecule has 3 rings (SSSR count). The van der Waals surface area contributed by atoms with E-state index in [1.807, 2.05) is 27.7 Å². The van der Waals surface area contributed by atoms with Crippen LogP contribution in [0.3, 0.4) is 0 Å². The number of hydrogen-bond donors (Lipinski definition) is 1. The van der Waals surface area contributed by atoms with Crippen LogP contribution in [0.1, 0.15) is 53.0 Å². The molecule has 1 unspecified atom stereocenters. The predicted molar refractivity (Wildman–Crippen MR) is 90.7 cm³/mol. The highest BCUT2D eigenvalue weighted by molar-refractivity contribution is 7.89. The molecule has 0 bridgehead atoms. The van der Waals surface area contributed by atoms with E-state index >= 15 is 0 Å². The zero-order valence-electron chi connectivity index (χ0n) is 14.5. The summed E-state index contributed by atoms with van der Waals surface area (Å²) in [5.41, 5.74) is 0.327. The summed E-state index contributed by atoms with van der Waals surface area (Å²) in [7, 11) is -4.15. The van der Waals surface area contributed by atoms with Crippen molar-refractivity contribution in [1.29, 1.82) is 0 Å². The Morgan fingerprint density at radius 1 is 1.29 bits per heavy atom. The molecule has 1 atom stereocenters. The van der Waals surface area contributed by atoms with Crippen LogP contribution in [0.25, 0.3) is 0 Å². The van der Waals surface area contributed by atoms with Gasteiger partial charge in [-0.3, -0.25) is 4.68 Å². The minimum Gasteiger partial charge on any atom is -0.400 e. The van der Waals surface area contributed by atoms with Gasteiger partial charge in [0.1, 0.15) is 0 Å². The largest absolute Gasteiger partial charge is 0.490 e. The minimum atomic E-state index is -3.78. The van der Waals surface area contributed by atoms with Gasteiger partial charge >= 0.3 is 7.12 Å². The van der Waals surface area contributed by atoms with E-state index in [0.717, 1.165) is 24.7 Å². The highest BCUT2D eigenvalue weighted by Crippen LogP contribution is 2.41. The fraction of sp³-hybridized carbons (Fsp3) is 0.667. The monoisotopic (exact) mass is 353 g/mol. The van der Waals surface area contributed by atoms with E-state index in [4.69, 9.17) is 14.4 Å². The van der Waals surface area contributed by atoms with Crippen molar-refractivity contribution in [2.75, 3.05) is 0 Å². The van der Waals surface area contributed by atoms with E-state index in [-0.39, 0.29) is 29.4 Å². The Balaban J connectivity index is 1.83. The average molecular weight is 353 g/mol. The third kappa shape index (κ3) is 3.18. The second kappa shape index (κ2) is 5.69. The summed E-state index contributed by atoms with van der Waals surface area (Å²) in [5.74, 6) is 0. The summed E-state index contributed by atoms with van der Waals surface area (Å²) < 4.78 is 36.6. The first-order valence-corrected chi connectivity index (χ1v) is 9.68. The molecule has 7 nitrogen and oxygen atoms in total. The van der Waals surface area contributed by atoms with E-state index in [1.54, 1.807) is 10.9 Å². The average Bonchev–Trinajstić information content (AvgIpc) is 3.02. The van der Waals surface area contributed by atoms with Gasteiger partial charge in [0.2, 0.25) is 0 Å². The second-order valence-corrected chi connectivity index (χ2v) is 8.98. The summed E-state index contributed by atoms with van der Waals surface area (Å²) in [6.45, 7) is 8.11. The summed E-state index contributed by atoms with van der Waals surface area (Å²) in [4.78, 5) is 0. The number of rotatable bonds is 3. The van der Waals surface area contributed by atoms with E-state index in [9.17, 15) is 8.42 Å². The topological polar surface area (TPSA) is 96.4 Å². The third-order valence-electron chi connectivity index (χ3n) is 5.14. The molecule has 2 N–H and O–H groups in total. The van der Waals surface area contributed by atoms with Crippen molar-refractivity contribution < 1.29 is 17.7 Å². The highest BCUT2D eigenvalue weighted by Gasteiger charge is 2.52. The molecule has 1 saturated heterocycles. The van der Waals surface area contributed by atoms with Crippen molar-refractivity contribution in [3.05, 3.63) is 23.8 Å². The van der Waals surface area contributed by atoms with E-state index in [2.05, 4.69) is 11.2 Å². The molecule has 1 aromatic rings. The minimum absolute atomic E-state index is 0.0247. The molecule has 2 aliphatic rings. The van der Waals surface area contributed by atoms with Crippen LogP contribution < -0.4 is 5.14 Å². The van der Waals surface area contributed by atoms with Crippen molar-refractivity contribution in [3.63, 3.8) is 0 Å². The van der Waals surface area contributed by atoms with Crippen LogP contribution in [-0.4, -0.2) is 36.5 Å². The first-order chi connectivity index (χ1) is 11.0. The maximum atomic E-state index is 11.4. The Kier molecular flexibility index (Phi) is 4.19. The van der Waals surface area contributed by atoms with Gasteiger partial charge in [0, 0.05) is 6.20 Å². The molecule has 1 aliphatic heterocycles. The van der Waals surface area contributed by atoms with Gasteiger partial charge in [-0.05, 0) is 58.5 Å². The molecule has 1 fully saturated rings. The summed E-state index contributed by atoms with van der Waals surface area (Å²) in [5, 5.41) is 9.12. The van der Waals surface area contributed by atoms with Crippen molar-refractivity contribution in [2.24, 2.45) is 5.14 Å². The Morgan fingerprint density at radius 3 is 2.46 bits per heavy atom. The molecular weight excluding hydrogens is 329 g/mol. The molecule has 0 saturated carbocycles. The fourth-order valence-electron chi connectivity index (χ4n) is 2.99. The van der Waals surface area contributed by atoms with Crippen LogP contribution in [0, 0.1) is 0 Å². The van der Waals surface area contributed by atoms with Gasteiger partial charge < -0.3 is 9.31 Å². The zero-order valence-corrected chi connectivity index (χ0v) is 15.3. The summed E-state index contributed by atoms with van der Waals surface area (Å²) >= 11 is 0. The predicted octanol–water partition coefficient (Wildman–Crippen LogP) is 1.81. The molecule has 0 amide bonds. The highest BCUT2D eigenvalue weighted by atomic mass is 32.2. The molecule has 1 aromatic heterocycles. The van der Waals surface area contributed by atoms with Gasteiger partial charge in [-0.25, -0.2) is 13.6 Å². The third-order valence-corrected chi connectivity index (χ3v) is 5.94. The molecular formula is C15H24BN3O4S. The normalized spacial score (nSPS) is 26.5. The van der Waals surface area contributed by atoms with E-state index < -0.39 is 10.0 Å². The van der Waals surface area contributed by atoms with Crippen LogP contribution in [-0.2, 0) is 19.3 Å². The zero-order chi connectivity index (χ0) is 17.8. The lowest BCUT2D eigenvalue weighted by Gasteiger charge is -2.32. The van der Waals surface area contributed by atoms with Crippen LogP contribution in [0.4, 0.5) is 0 Å². The fourth-order valence-corrected chi connectivity index (χ4v) is 3.44. The van der Waals surface area contributed by atoms with Gasteiger partial charge in [0.05, 0.1) is 17.2 Å². The number of allylic oxidation sites excluding steroid dienone is 2. The maximum absolute atomic E-state index is 11.4. The quantitative estimate of drug-likeness (QED) is 0.836. The smallest absolute Gasteiger partial charge is 0.400 e. The Labute approximate surface area is 143 Å². The van der Waals surface area contributed by atoms with E-state index in [0.29, 0.717) is 0 Å². The van der Waals surface area contributed by atoms with Gasteiger partial charge in [-0.1, -0.05) is 6.08 Å². The number of nitrogens with zero attached hydrogens (tertiary/aromatic N) is 2. The Hall–Kier alpha value is -1.16. The van der Waals surface area contributed by atoms with Gasteiger partial charge in [0.15, 0.2) is 5.03 Å². The van der Waals surface area contributed by atoms with Crippen LogP contribution >= 0.6 is 0 Å². The number of hydrogen-bond acceptors (Lipinski definition) is 5. The summed E-state index contributed by atoms with van der Waals surface area (Å²) in [6.07, 6.45) is 6.47. The van der Waals surface area contributed by atoms with Crippen molar-refractivity contribution in [2.45, 2.75) is 69.2 Å². The van der Waals surface area contributed by atoms with Crippen LogP contribution in [0.5, 0.6) is 0 Å². The van der Waals surface area contributed by atoms with Crippen LogP contribution in [0.2, 0.25) is 0 Å². The van der Waals surface area contributed by atoms with Crippen LogP contribution in [0.15, 0.2) is 28.8 Å². The van der Waals surface area contributed by atoms with Crippen molar-refractivity contribution in [3.8, 4) is 0 Å². The first kappa shape index (κ1) is 17.7. The van der Waals surface area contributed by atoms with E-state index in [1.165, 1.54) is 6.07 Å². The molecule has 1 aliphatic carbocycles. The molecule has 24 heavy (non-hydrogen) atoms. The maximum Gasteiger partial charge on any atom is 0.490 e. The lowest BCUT2D eigenvalue weighted by atomic mass is 9.72. The van der Waals surface area contributed by atoms with Gasteiger partial charge in [0.25, 0.3) is 10.0 Å². The number of sulfonamides is 1. The lowest BCUT2D eigenvalue weighted by molar-refractivity contribution is 0.00578. The molecule has 0 radical (unpaired) electrons. The van der Waals surface area contributed by atoms with Gasteiger partial charge in [-0.2, -0.15) is 5.10 Å². The lowest BCUT2D eigenvalue weighted by Crippen LogP contribution is -2.41. The number of nitrogens with two attached hydrogens (primary N) is 1. The molecule has 132 valence electrons. The molecule has 9 heteroatoms. The molecule has 0 aromatic carbocycles. The standard InChI is InChI=1S/C15H24BN3O4S/c1-14(2)15(3,4)23-16(22-14)11-6-5-7-12(10-11)19-9-8-13(18-19)24(17,20)21/h8-10,12H,5-7H2,1-4H3,(H2,17,20,21). The second-order valence-electron chi connectivity index (χ2n) is 7.47. The first-order valence-electron chi connectivity index (χ1n) is 8.14. The Morgan fingerprint density at radius 2 is 1.92 bits per heavy atom. The summed E-state index contributed by atoms with van der Waals surface area (Å²) in [6, 6.07) is 1.40. The number of aromatic nitrogens is 2. The van der Waals surface area contributed by atoms with Crippen molar-refractivity contribution >= 4 is 17.1 Å². The SMILES string of the molecule is CC1(C)OB(C2=CC(n3ccc(S(N)(=O)=O)n3)CCC2)OC1(C)C. The molecule has 0 spiro atoms. The van der Waals surface area contributed by atoms with Crippen molar-refractivity contribution in [1.82, 2.24) is 9.78 Å². The number of primary sulfonamides is 1. The molecule has 2 heterocycles. The Bertz CT molecular complexity index is 753.